The molecule has 1 fully saturated rings. The molecule has 1 aliphatic rings. The van der Waals surface area contributed by atoms with Crippen LogP contribution in [-0.2, 0) is 0 Å². The minimum Gasteiger partial charge on any atom is -0.377 e. The lowest BCUT2D eigenvalue weighted by Crippen LogP contribution is -2.19. The molecule has 1 atom stereocenters. The van der Waals surface area contributed by atoms with Gasteiger partial charge in [0.25, 0.3) is 0 Å². The SMILES string of the molecule is CC1(C)CCC(Nc2cccc(NN)c2[N+](=O)[O-])C1. The second-order valence-electron chi connectivity index (χ2n) is 5.85. The van der Waals surface area contributed by atoms with Gasteiger partial charge in [-0.3, -0.25) is 16.0 Å². The van der Waals surface area contributed by atoms with Crippen molar-refractivity contribution in [2.24, 2.45) is 11.3 Å². The number of nitrogens with two attached hydrogens (primary N) is 1. The molecule has 1 unspecified atom stereocenters. The predicted molar refractivity (Wildman–Crippen MR) is 75.9 cm³/mol. The van der Waals surface area contributed by atoms with Gasteiger partial charge in [0.2, 0.25) is 0 Å². The van der Waals surface area contributed by atoms with E-state index in [-0.39, 0.29) is 11.7 Å². The highest BCUT2D eigenvalue weighted by Gasteiger charge is 2.32. The molecule has 0 spiro atoms. The fourth-order valence-electron chi connectivity index (χ4n) is 2.75. The van der Waals surface area contributed by atoms with Crippen molar-refractivity contribution in [2.75, 3.05) is 10.7 Å². The number of nitrogens with one attached hydrogen (secondary N) is 2. The normalized spacial score (nSPS) is 21.1. The summed E-state index contributed by atoms with van der Waals surface area (Å²) in [4.78, 5) is 10.8. The van der Waals surface area contributed by atoms with Crippen molar-refractivity contribution in [3.05, 3.63) is 28.3 Å². The van der Waals surface area contributed by atoms with E-state index in [4.69, 9.17) is 5.84 Å². The van der Waals surface area contributed by atoms with Gasteiger partial charge in [-0.2, -0.15) is 0 Å². The first-order valence-electron chi connectivity index (χ1n) is 6.43. The third-order valence-electron chi connectivity index (χ3n) is 3.70. The Kier molecular flexibility index (Phi) is 3.61. The molecule has 6 nitrogen and oxygen atoms in total. The second kappa shape index (κ2) is 5.05. The average molecular weight is 264 g/mol. The van der Waals surface area contributed by atoms with Gasteiger partial charge in [-0.05, 0) is 36.8 Å². The van der Waals surface area contributed by atoms with E-state index >= 15 is 0 Å². The van der Waals surface area contributed by atoms with Gasteiger partial charge < -0.3 is 10.7 Å². The van der Waals surface area contributed by atoms with E-state index in [1.54, 1.807) is 18.2 Å². The van der Waals surface area contributed by atoms with E-state index in [1.165, 1.54) is 0 Å². The molecular weight excluding hydrogens is 244 g/mol. The molecule has 4 N–H and O–H groups in total. The van der Waals surface area contributed by atoms with Crippen molar-refractivity contribution in [2.45, 2.75) is 39.2 Å². The van der Waals surface area contributed by atoms with Gasteiger partial charge in [0, 0.05) is 6.04 Å². The van der Waals surface area contributed by atoms with Crippen LogP contribution in [0.5, 0.6) is 0 Å². The number of nitro groups is 1. The number of nitro benzene ring substituents is 1. The predicted octanol–water partition coefficient (Wildman–Crippen LogP) is 2.87. The summed E-state index contributed by atoms with van der Waals surface area (Å²) in [5.41, 5.74) is 3.54. The number of hydrazine groups is 1. The van der Waals surface area contributed by atoms with Crippen LogP contribution < -0.4 is 16.6 Å². The van der Waals surface area contributed by atoms with Gasteiger partial charge in [0.15, 0.2) is 0 Å². The van der Waals surface area contributed by atoms with Crippen LogP contribution in [-0.4, -0.2) is 11.0 Å². The van der Waals surface area contributed by atoms with Crippen LogP contribution in [0.4, 0.5) is 17.1 Å². The molecule has 0 amide bonds. The lowest BCUT2D eigenvalue weighted by atomic mass is 9.92. The summed E-state index contributed by atoms with van der Waals surface area (Å²) in [6.45, 7) is 4.45. The Morgan fingerprint density at radius 3 is 2.63 bits per heavy atom. The molecule has 0 aliphatic heterocycles. The van der Waals surface area contributed by atoms with Crippen molar-refractivity contribution in [3.8, 4) is 0 Å². The average Bonchev–Trinajstić information content (AvgIpc) is 2.68. The number of rotatable bonds is 4. The zero-order valence-corrected chi connectivity index (χ0v) is 11.3. The van der Waals surface area contributed by atoms with Crippen molar-refractivity contribution in [1.29, 1.82) is 0 Å². The maximum atomic E-state index is 11.2. The van der Waals surface area contributed by atoms with Crippen molar-refractivity contribution >= 4 is 17.1 Å². The van der Waals surface area contributed by atoms with E-state index in [0.29, 0.717) is 16.8 Å². The van der Waals surface area contributed by atoms with E-state index in [2.05, 4.69) is 24.6 Å². The van der Waals surface area contributed by atoms with Gasteiger partial charge in [-0.25, -0.2) is 0 Å². The summed E-state index contributed by atoms with van der Waals surface area (Å²) in [5.74, 6) is 5.33. The Bertz CT molecular complexity index is 488. The monoisotopic (exact) mass is 264 g/mol. The first kappa shape index (κ1) is 13.6. The largest absolute Gasteiger partial charge is 0.377 e. The number of hydrogen-bond donors (Lipinski definition) is 3. The minimum absolute atomic E-state index is 0.00899. The Balaban J connectivity index is 2.23. The van der Waals surface area contributed by atoms with Crippen LogP contribution in [0.25, 0.3) is 0 Å². The van der Waals surface area contributed by atoms with Crippen molar-refractivity contribution < 1.29 is 4.92 Å². The first-order valence-corrected chi connectivity index (χ1v) is 6.43. The molecule has 1 saturated carbocycles. The van der Waals surface area contributed by atoms with Crippen LogP contribution in [0.15, 0.2) is 18.2 Å². The second-order valence-corrected chi connectivity index (χ2v) is 5.85. The first-order chi connectivity index (χ1) is 8.93. The Labute approximate surface area is 112 Å². The highest BCUT2D eigenvalue weighted by Crippen LogP contribution is 2.40. The Hall–Kier alpha value is -1.82. The Morgan fingerprint density at radius 1 is 1.42 bits per heavy atom. The number of anilines is 2. The number of para-hydroxylation sites is 1. The summed E-state index contributed by atoms with van der Waals surface area (Å²) in [6.07, 6.45) is 3.18. The molecule has 1 aromatic rings. The van der Waals surface area contributed by atoms with Gasteiger partial charge in [0.05, 0.1) is 4.92 Å². The third-order valence-corrected chi connectivity index (χ3v) is 3.70. The summed E-state index contributed by atoms with van der Waals surface area (Å²) in [5, 5.41) is 14.5. The summed E-state index contributed by atoms with van der Waals surface area (Å²) < 4.78 is 0. The molecule has 0 aromatic heterocycles. The molecule has 6 heteroatoms. The molecule has 0 heterocycles. The zero-order valence-electron chi connectivity index (χ0n) is 11.3. The number of hydrogen-bond acceptors (Lipinski definition) is 5. The molecule has 0 bridgehead atoms. The maximum absolute atomic E-state index is 11.2. The lowest BCUT2D eigenvalue weighted by Gasteiger charge is -2.19. The maximum Gasteiger partial charge on any atom is 0.316 e. The van der Waals surface area contributed by atoms with Crippen LogP contribution in [0.3, 0.4) is 0 Å². The highest BCUT2D eigenvalue weighted by atomic mass is 16.6. The van der Waals surface area contributed by atoms with Gasteiger partial charge in [-0.15, -0.1) is 0 Å². The number of nitrogens with zero attached hydrogens (tertiary/aromatic N) is 1. The molecule has 19 heavy (non-hydrogen) atoms. The van der Waals surface area contributed by atoms with Crippen LogP contribution in [0.1, 0.15) is 33.1 Å². The molecule has 0 saturated heterocycles. The number of nitrogen functional groups attached to an aromatic ring is 1. The fraction of sp³-hybridized carbons (Fsp3) is 0.538. The van der Waals surface area contributed by atoms with Crippen LogP contribution in [0, 0.1) is 15.5 Å². The fourth-order valence-corrected chi connectivity index (χ4v) is 2.75. The topological polar surface area (TPSA) is 93.2 Å². The lowest BCUT2D eigenvalue weighted by molar-refractivity contribution is -0.383. The molecule has 1 aliphatic carbocycles. The summed E-state index contributed by atoms with van der Waals surface area (Å²) in [7, 11) is 0. The third kappa shape index (κ3) is 2.96. The standard InChI is InChI=1S/C13H20N4O2/c1-13(2)7-6-9(8-13)15-10-4-3-5-11(16-14)12(10)17(18)19/h3-5,9,15-16H,6-8,14H2,1-2H3. The van der Waals surface area contributed by atoms with Gasteiger partial charge >= 0.3 is 5.69 Å². The smallest absolute Gasteiger partial charge is 0.316 e. The number of benzene rings is 1. The van der Waals surface area contributed by atoms with Crippen molar-refractivity contribution in [1.82, 2.24) is 0 Å². The molecule has 104 valence electrons. The Morgan fingerprint density at radius 2 is 2.11 bits per heavy atom. The minimum atomic E-state index is -0.405. The van der Waals surface area contributed by atoms with Gasteiger partial charge in [-0.1, -0.05) is 19.9 Å². The van der Waals surface area contributed by atoms with Crippen LogP contribution in [0.2, 0.25) is 0 Å². The quantitative estimate of drug-likeness (QED) is 0.441. The van der Waals surface area contributed by atoms with Crippen molar-refractivity contribution in [3.63, 3.8) is 0 Å². The van der Waals surface area contributed by atoms with Gasteiger partial charge in [0.1, 0.15) is 11.4 Å². The van der Waals surface area contributed by atoms with E-state index in [0.717, 1.165) is 19.3 Å². The highest BCUT2D eigenvalue weighted by molar-refractivity contribution is 5.76. The molecular formula is C13H20N4O2. The van der Waals surface area contributed by atoms with Crippen LogP contribution >= 0.6 is 0 Å². The zero-order chi connectivity index (χ0) is 14.0. The molecule has 2 rings (SSSR count). The molecule has 0 radical (unpaired) electrons. The van der Waals surface area contributed by atoms with E-state index < -0.39 is 4.92 Å². The summed E-state index contributed by atoms with van der Waals surface area (Å²) in [6, 6.07) is 5.36. The summed E-state index contributed by atoms with van der Waals surface area (Å²) >= 11 is 0. The van der Waals surface area contributed by atoms with E-state index in [1.807, 2.05) is 0 Å². The van der Waals surface area contributed by atoms with E-state index in [9.17, 15) is 10.1 Å². The molecule has 1 aromatic carbocycles.